The minimum Gasteiger partial charge on any atom is -0.314 e. The average molecular weight is 296 g/mol. The molecule has 0 aliphatic carbocycles. The summed E-state index contributed by atoms with van der Waals surface area (Å²) in [5.41, 5.74) is 0.786. The van der Waals surface area contributed by atoms with Gasteiger partial charge in [0.1, 0.15) is 11.6 Å². The number of nitrogens with one attached hydrogen (secondary N) is 1. The zero-order valence-corrected chi connectivity index (χ0v) is 13.3. The number of hydrogen-bond acceptors (Lipinski definition) is 2. The van der Waals surface area contributed by atoms with E-state index in [2.05, 4.69) is 24.1 Å². The molecule has 0 amide bonds. The zero-order chi connectivity index (χ0) is 15.4. The molecule has 1 aromatic rings. The molecule has 118 valence electrons. The van der Waals surface area contributed by atoms with E-state index in [4.69, 9.17) is 0 Å². The van der Waals surface area contributed by atoms with E-state index < -0.39 is 5.82 Å². The van der Waals surface area contributed by atoms with Crippen LogP contribution in [0.3, 0.4) is 0 Å². The second-order valence-electron chi connectivity index (χ2n) is 6.36. The number of hydrogen-bond donors (Lipinski definition) is 1. The molecule has 1 saturated heterocycles. The van der Waals surface area contributed by atoms with Crippen molar-refractivity contribution in [3.8, 4) is 0 Å². The van der Waals surface area contributed by atoms with Crippen LogP contribution in [0.4, 0.5) is 8.78 Å². The van der Waals surface area contributed by atoms with Gasteiger partial charge in [0.15, 0.2) is 0 Å². The van der Waals surface area contributed by atoms with Gasteiger partial charge < -0.3 is 5.32 Å². The molecule has 21 heavy (non-hydrogen) atoms. The van der Waals surface area contributed by atoms with Crippen LogP contribution in [-0.2, 0) is 0 Å². The van der Waals surface area contributed by atoms with Crippen LogP contribution in [-0.4, -0.2) is 31.1 Å². The minimum atomic E-state index is -0.412. The first-order valence-corrected chi connectivity index (χ1v) is 7.90. The van der Waals surface area contributed by atoms with Gasteiger partial charge in [0.2, 0.25) is 0 Å². The summed E-state index contributed by atoms with van der Waals surface area (Å²) in [6, 6.07) is 2.76. The number of rotatable bonds is 5. The molecule has 1 fully saturated rings. The predicted octanol–water partition coefficient (Wildman–Crippen LogP) is 3.66. The molecule has 0 aromatic heterocycles. The Kier molecular flexibility index (Phi) is 5.71. The summed E-state index contributed by atoms with van der Waals surface area (Å²) in [5, 5.41) is 3.30. The lowest BCUT2D eigenvalue weighted by Gasteiger charge is -2.36. The maximum atomic E-state index is 14.5. The van der Waals surface area contributed by atoms with Crippen molar-refractivity contribution < 1.29 is 8.78 Å². The molecule has 1 heterocycles. The molecule has 1 N–H and O–H groups in total. The molecule has 0 saturated carbocycles. The number of benzene rings is 1. The normalized spacial score (nSPS) is 18.2. The molecule has 1 aliphatic rings. The van der Waals surface area contributed by atoms with Gasteiger partial charge in [-0.3, -0.25) is 4.90 Å². The van der Waals surface area contributed by atoms with Crippen molar-refractivity contribution >= 4 is 0 Å². The summed E-state index contributed by atoms with van der Waals surface area (Å²) in [6.07, 6.45) is 1.77. The molecule has 0 bridgehead atoms. The van der Waals surface area contributed by atoms with E-state index in [9.17, 15) is 8.78 Å². The summed E-state index contributed by atoms with van der Waals surface area (Å²) in [6.45, 7) is 9.46. The number of piperazine rings is 1. The Hall–Kier alpha value is -1.00. The van der Waals surface area contributed by atoms with Crippen molar-refractivity contribution in [3.63, 3.8) is 0 Å². The summed E-state index contributed by atoms with van der Waals surface area (Å²) < 4.78 is 28.8. The fraction of sp³-hybridized carbons (Fsp3) is 0.647. The number of nitrogens with zero attached hydrogens (tertiary/aromatic N) is 1. The lowest BCUT2D eigenvalue weighted by molar-refractivity contribution is 0.153. The lowest BCUT2D eigenvalue weighted by Crippen LogP contribution is -2.45. The van der Waals surface area contributed by atoms with Gasteiger partial charge in [-0.25, -0.2) is 8.78 Å². The number of halogens is 2. The van der Waals surface area contributed by atoms with Crippen molar-refractivity contribution in [1.29, 1.82) is 0 Å². The third kappa shape index (κ3) is 4.01. The highest BCUT2D eigenvalue weighted by molar-refractivity contribution is 5.29. The Morgan fingerprint density at radius 2 is 1.81 bits per heavy atom. The molecular formula is C17H26F2N2. The molecule has 2 rings (SSSR count). The van der Waals surface area contributed by atoms with Crippen molar-refractivity contribution in [2.24, 2.45) is 5.92 Å². The molecular weight excluding hydrogens is 270 g/mol. The highest BCUT2D eigenvalue weighted by Gasteiger charge is 2.28. The van der Waals surface area contributed by atoms with Gasteiger partial charge in [-0.05, 0) is 37.3 Å². The Labute approximate surface area is 126 Å². The maximum Gasteiger partial charge on any atom is 0.133 e. The van der Waals surface area contributed by atoms with Gasteiger partial charge >= 0.3 is 0 Å². The topological polar surface area (TPSA) is 15.3 Å². The molecule has 1 aliphatic heterocycles. The molecule has 0 radical (unpaired) electrons. The quantitative estimate of drug-likeness (QED) is 0.892. The molecule has 1 aromatic carbocycles. The van der Waals surface area contributed by atoms with E-state index in [1.165, 1.54) is 12.1 Å². The smallest absolute Gasteiger partial charge is 0.133 e. The van der Waals surface area contributed by atoms with Gasteiger partial charge in [-0.2, -0.15) is 0 Å². The van der Waals surface area contributed by atoms with Crippen molar-refractivity contribution in [3.05, 3.63) is 34.9 Å². The van der Waals surface area contributed by atoms with E-state index in [1.807, 2.05) is 0 Å². The van der Waals surface area contributed by atoms with Crippen LogP contribution in [0, 0.1) is 24.5 Å². The Morgan fingerprint density at radius 3 is 2.43 bits per heavy atom. The van der Waals surface area contributed by atoms with Crippen molar-refractivity contribution in [1.82, 2.24) is 10.2 Å². The van der Waals surface area contributed by atoms with Crippen LogP contribution >= 0.6 is 0 Å². The summed E-state index contributed by atoms with van der Waals surface area (Å²) in [5.74, 6) is -0.251. The van der Waals surface area contributed by atoms with Crippen molar-refractivity contribution in [2.45, 2.75) is 39.7 Å². The van der Waals surface area contributed by atoms with Crippen LogP contribution < -0.4 is 5.32 Å². The first-order valence-electron chi connectivity index (χ1n) is 7.90. The predicted molar refractivity (Wildman–Crippen MR) is 82.4 cm³/mol. The van der Waals surface area contributed by atoms with Gasteiger partial charge in [0, 0.05) is 37.8 Å². The average Bonchev–Trinajstić information content (AvgIpc) is 2.47. The first-order chi connectivity index (χ1) is 10.0. The van der Waals surface area contributed by atoms with Crippen LogP contribution in [0.2, 0.25) is 0 Å². The lowest BCUT2D eigenvalue weighted by atomic mass is 9.93. The first kappa shape index (κ1) is 16.4. The maximum absolute atomic E-state index is 14.5. The summed E-state index contributed by atoms with van der Waals surface area (Å²) in [4.78, 5) is 2.22. The Bertz CT molecular complexity index is 468. The Balaban J connectivity index is 2.31. The molecule has 1 atom stereocenters. The van der Waals surface area contributed by atoms with E-state index in [1.54, 1.807) is 6.92 Å². The van der Waals surface area contributed by atoms with E-state index in [-0.39, 0.29) is 17.4 Å². The van der Waals surface area contributed by atoms with Crippen molar-refractivity contribution in [2.75, 3.05) is 26.2 Å². The second-order valence-corrected chi connectivity index (χ2v) is 6.36. The van der Waals surface area contributed by atoms with E-state index in [0.29, 0.717) is 11.5 Å². The Morgan fingerprint density at radius 1 is 1.14 bits per heavy atom. The minimum absolute atomic E-state index is 0.158. The summed E-state index contributed by atoms with van der Waals surface area (Å²) >= 11 is 0. The highest BCUT2D eigenvalue weighted by Crippen LogP contribution is 2.32. The standard InChI is InChI=1S/C17H26F2N2/c1-12(2)4-7-15(21-10-8-20-9-11-21)16-14(18)6-5-13(3)17(16)19/h5-6,12,15,20H,4,7-11H2,1-3H3/t15-/m1/s1. The third-order valence-electron chi connectivity index (χ3n) is 4.26. The van der Waals surface area contributed by atoms with E-state index >= 15 is 0 Å². The second kappa shape index (κ2) is 7.32. The van der Waals surface area contributed by atoms with Crippen LogP contribution in [0.15, 0.2) is 12.1 Å². The molecule has 4 heteroatoms. The fourth-order valence-electron chi connectivity index (χ4n) is 2.98. The zero-order valence-electron chi connectivity index (χ0n) is 13.3. The monoisotopic (exact) mass is 296 g/mol. The van der Waals surface area contributed by atoms with Gasteiger partial charge in [0.05, 0.1) is 0 Å². The van der Waals surface area contributed by atoms with Gasteiger partial charge in [0.25, 0.3) is 0 Å². The third-order valence-corrected chi connectivity index (χ3v) is 4.26. The van der Waals surface area contributed by atoms with Gasteiger partial charge in [-0.15, -0.1) is 0 Å². The van der Waals surface area contributed by atoms with Crippen LogP contribution in [0.1, 0.15) is 43.9 Å². The summed E-state index contributed by atoms with van der Waals surface area (Å²) in [7, 11) is 0. The van der Waals surface area contributed by atoms with Gasteiger partial charge in [-0.1, -0.05) is 19.9 Å². The van der Waals surface area contributed by atoms with Crippen LogP contribution in [0.25, 0.3) is 0 Å². The fourth-order valence-corrected chi connectivity index (χ4v) is 2.98. The van der Waals surface area contributed by atoms with E-state index in [0.717, 1.165) is 39.0 Å². The highest BCUT2D eigenvalue weighted by atomic mass is 19.1. The SMILES string of the molecule is Cc1ccc(F)c([C@@H](CCC(C)C)N2CCNCC2)c1F. The molecule has 0 unspecified atom stereocenters. The molecule has 0 spiro atoms. The molecule has 2 nitrogen and oxygen atoms in total. The number of aryl methyl sites for hydroxylation is 1. The van der Waals surface area contributed by atoms with Crippen LogP contribution in [0.5, 0.6) is 0 Å². The largest absolute Gasteiger partial charge is 0.314 e.